The number of hydrogen-bond acceptors (Lipinski definition) is 3. The van der Waals surface area contributed by atoms with E-state index in [9.17, 15) is 4.79 Å². The fraction of sp³-hybridized carbons (Fsp3) is 0.480. The van der Waals surface area contributed by atoms with Crippen molar-refractivity contribution in [1.29, 1.82) is 5.41 Å². The second-order valence-corrected chi connectivity index (χ2v) is 8.18. The zero-order valence-corrected chi connectivity index (χ0v) is 18.8. The third kappa shape index (κ3) is 5.31. The normalized spacial score (nSPS) is 16.2. The number of carbonyl (C=O) groups excluding carboxylic acids is 1. The quantitative estimate of drug-likeness (QED) is 0.597. The summed E-state index contributed by atoms with van der Waals surface area (Å²) in [4.78, 5) is 17.6. The van der Waals surface area contributed by atoms with Crippen LogP contribution in [0.5, 0.6) is 0 Å². The topological polar surface area (TPSA) is 65.8 Å². The smallest absolute Gasteiger partial charge is 0.251 e. The molecule has 1 aromatic rings. The van der Waals surface area contributed by atoms with Gasteiger partial charge in [0, 0.05) is 29.4 Å². The monoisotopic (exact) mass is 393 g/mol. The number of pyridine rings is 1. The number of aromatic nitrogens is 1. The molecule has 1 aliphatic rings. The lowest BCUT2D eigenvalue weighted by atomic mass is 9.89. The van der Waals surface area contributed by atoms with Crippen molar-refractivity contribution in [2.24, 2.45) is 0 Å². The molecule has 1 aliphatic carbocycles. The first-order valence-corrected chi connectivity index (χ1v) is 10.6. The standard InChI is InChI=1S/C25H35N3O/c1-8-10-20(23-13-22(15(3)9-2)18(6)19(7)28-23)14-27-25(29)21-11-16(4)24(26)17(5)12-21/h11-13,15,20,26H,4,8-10,14H2,1-3,5-7H3,(H,27,29). The Kier molecular flexibility index (Phi) is 7.72. The molecule has 1 amide bonds. The van der Waals surface area contributed by atoms with Crippen molar-refractivity contribution < 1.29 is 4.79 Å². The Morgan fingerprint density at radius 3 is 2.52 bits per heavy atom. The molecule has 0 aromatic carbocycles. The van der Waals surface area contributed by atoms with E-state index in [0.29, 0.717) is 29.3 Å². The maximum atomic E-state index is 12.7. The summed E-state index contributed by atoms with van der Waals surface area (Å²) in [5.74, 6) is 0.557. The van der Waals surface area contributed by atoms with E-state index >= 15 is 0 Å². The highest BCUT2D eigenvalue weighted by Crippen LogP contribution is 2.29. The first kappa shape index (κ1) is 22.8. The summed E-state index contributed by atoms with van der Waals surface area (Å²) in [7, 11) is 0. The van der Waals surface area contributed by atoms with Gasteiger partial charge in [-0.25, -0.2) is 0 Å². The number of nitrogens with one attached hydrogen (secondary N) is 2. The first-order valence-electron chi connectivity index (χ1n) is 10.6. The fourth-order valence-corrected chi connectivity index (χ4v) is 3.74. The van der Waals surface area contributed by atoms with Crippen molar-refractivity contribution >= 4 is 11.6 Å². The van der Waals surface area contributed by atoms with E-state index in [1.807, 2.05) is 6.92 Å². The Morgan fingerprint density at radius 1 is 1.24 bits per heavy atom. The molecule has 1 heterocycles. The van der Waals surface area contributed by atoms with Crippen LogP contribution in [0, 0.1) is 19.3 Å². The van der Waals surface area contributed by atoms with Gasteiger partial charge in [-0.1, -0.05) is 33.8 Å². The summed E-state index contributed by atoms with van der Waals surface area (Å²) in [5.41, 5.74) is 7.09. The summed E-state index contributed by atoms with van der Waals surface area (Å²) in [5, 5.41) is 11.0. The number of carbonyl (C=O) groups is 1. The Labute approximate surface area is 175 Å². The summed E-state index contributed by atoms with van der Waals surface area (Å²) in [6, 6.07) is 2.25. The van der Waals surface area contributed by atoms with Gasteiger partial charge < -0.3 is 10.7 Å². The van der Waals surface area contributed by atoms with Crippen LogP contribution in [0.15, 0.2) is 41.5 Å². The molecule has 156 valence electrons. The molecule has 4 heteroatoms. The number of rotatable bonds is 8. The molecular formula is C25H35N3O. The molecule has 2 atom stereocenters. The largest absolute Gasteiger partial charge is 0.351 e. The van der Waals surface area contributed by atoms with Gasteiger partial charge in [-0.3, -0.25) is 9.78 Å². The van der Waals surface area contributed by atoms with Crippen molar-refractivity contribution in [2.45, 2.75) is 72.6 Å². The van der Waals surface area contributed by atoms with Crippen LogP contribution in [0.3, 0.4) is 0 Å². The molecule has 2 N–H and O–H groups in total. The molecular weight excluding hydrogens is 358 g/mol. The van der Waals surface area contributed by atoms with Crippen LogP contribution < -0.4 is 5.32 Å². The lowest BCUT2D eigenvalue weighted by Gasteiger charge is -2.22. The van der Waals surface area contributed by atoms with Gasteiger partial charge in [0.1, 0.15) is 0 Å². The Balaban J connectivity index is 2.22. The van der Waals surface area contributed by atoms with E-state index in [1.165, 1.54) is 11.1 Å². The average Bonchev–Trinajstić information content (AvgIpc) is 2.69. The van der Waals surface area contributed by atoms with E-state index in [2.05, 4.69) is 52.6 Å². The second-order valence-electron chi connectivity index (χ2n) is 8.18. The molecule has 0 saturated carbocycles. The molecule has 1 aromatic heterocycles. The van der Waals surface area contributed by atoms with Crippen LogP contribution in [0.1, 0.15) is 81.3 Å². The minimum absolute atomic E-state index is 0.120. The minimum atomic E-state index is -0.120. The zero-order chi connectivity index (χ0) is 21.7. The van der Waals surface area contributed by atoms with Gasteiger partial charge in [0.2, 0.25) is 0 Å². The van der Waals surface area contributed by atoms with Crippen LogP contribution in [0.2, 0.25) is 0 Å². The van der Waals surface area contributed by atoms with E-state index < -0.39 is 0 Å². The number of aryl methyl sites for hydroxylation is 1. The van der Waals surface area contributed by atoms with Gasteiger partial charge in [0.25, 0.3) is 5.91 Å². The van der Waals surface area contributed by atoms with Crippen molar-refractivity contribution in [3.8, 4) is 0 Å². The molecule has 0 radical (unpaired) electrons. The van der Waals surface area contributed by atoms with Gasteiger partial charge in [0.15, 0.2) is 0 Å². The highest BCUT2D eigenvalue weighted by molar-refractivity contribution is 6.16. The van der Waals surface area contributed by atoms with Crippen LogP contribution >= 0.6 is 0 Å². The molecule has 0 saturated heterocycles. The van der Waals surface area contributed by atoms with Gasteiger partial charge in [0.05, 0.1) is 5.71 Å². The van der Waals surface area contributed by atoms with Crippen molar-refractivity contribution in [3.63, 3.8) is 0 Å². The molecule has 0 bridgehead atoms. The molecule has 0 aliphatic heterocycles. The summed E-state index contributed by atoms with van der Waals surface area (Å²) in [6.45, 7) is 17.1. The van der Waals surface area contributed by atoms with Crippen LogP contribution in [-0.4, -0.2) is 23.1 Å². The molecule has 2 rings (SSSR count). The van der Waals surface area contributed by atoms with E-state index in [4.69, 9.17) is 10.4 Å². The van der Waals surface area contributed by atoms with Crippen molar-refractivity contribution in [2.75, 3.05) is 6.54 Å². The van der Waals surface area contributed by atoms with Crippen LogP contribution in [0.4, 0.5) is 0 Å². The predicted molar refractivity (Wildman–Crippen MR) is 122 cm³/mol. The Morgan fingerprint density at radius 2 is 1.93 bits per heavy atom. The molecule has 0 spiro atoms. The molecule has 2 unspecified atom stereocenters. The number of amides is 1. The SMILES string of the molecule is C=C1C=C(C(=O)NCC(CCC)c2cc(C(C)CC)c(C)c(C)n2)C=C(C)C1=N. The third-order valence-electron chi connectivity index (χ3n) is 5.96. The average molecular weight is 394 g/mol. The zero-order valence-electron chi connectivity index (χ0n) is 18.8. The number of allylic oxidation sites excluding steroid dienone is 3. The first-order chi connectivity index (χ1) is 13.7. The maximum Gasteiger partial charge on any atom is 0.251 e. The van der Waals surface area contributed by atoms with Crippen LogP contribution in [0.25, 0.3) is 0 Å². The Hall–Kier alpha value is -2.49. The van der Waals surface area contributed by atoms with Gasteiger partial charge in [-0.15, -0.1) is 0 Å². The fourth-order valence-electron chi connectivity index (χ4n) is 3.74. The van der Waals surface area contributed by atoms with Crippen molar-refractivity contribution in [3.05, 3.63) is 64.0 Å². The Bertz CT molecular complexity index is 876. The highest BCUT2D eigenvalue weighted by atomic mass is 16.1. The van der Waals surface area contributed by atoms with Crippen molar-refractivity contribution in [1.82, 2.24) is 10.3 Å². The van der Waals surface area contributed by atoms with E-state index in [-0.39, 0.29) is 11.8 Å². The van der Waals surface area contributed by atoms with E-state index in [0.717, 1.165) is 36.2 Å². The third-order valence-corrected chi connectivity index (χ3v) is 5.96. The highest BCUT2D eigenvalue weighted by Gasteiger charge is 2.20. The lowest BCUT2D eigenvalue weighted by Crippen LogP contribution is -2.30. The number of nitrogens with zero attached hydrogens (tertiary/aromatic N) is 1. The summed E-state index contributed by atoms with van der Waals surface area (Å²) < 4.78 is 0. The molecule has 4 nitrogen and oxygen atoms in total. The summed E-state index contributed by atoms with van der Waals surface area (Å²) >= 11 is 0. The van der Waals surface area contributed by atoms with Gasteiger partial charge in [-0.2, -0.15) is 0 Å². The van der Waals surface area contributed by atoms with Crippen LogP contribution in [-0.2, 0) is 4.79 Å². The molecule has 0 fully saturated rings. The minimum Gasteiger partial charge on any atom is -0.351 e. The summed E-state index contributed by atoms with van der Waals surface area (Å²) in [6.07, 6.45) is 6.55. The number of hydrogen-bond donors (Lipinski definition) is 2. The molecule has 29 heavy (non-hydrogen) atoms. The predicted octanol–water partition coefficient (Wildman–Crippen LogP) is 5.67. The maximum absolute atomic E-state index is 12.7. The second kappa shape index (κ2) is 9.82. The lowest BCUT2D eigenvalue weighted by molar-refractivity contribution is -0.117. The van der Waals surface area contributed by atoms with Gasteiger partial charge in [-0.05, 0) is 80.0 Å². The van der Waals surface area contributed by atoms with E-state index in [1.54, 1.807) is 12.2 Å². The van der Waals surface area contributed by atoms with Gasteiger partial charge >= 0.3 is 0 Å².